The molecule has 0 amide bonds. The van der Waals surface area contributed by atoms with Crippen molar-refractivity contribution in [1.82, 2.24) is 14.4 Å². The Labute approximate surface area is 90.2 Å². The smallest absolute Gasteiger partial charge is 0.266 e. The lowest BCUT2D eigenvalue weighted by Gasteiger charge is -2.02. The highest BCUT2D eigenvalue weighted by atomic mass is 16.1. The highest BCUT2D eigenvalue weighted by molar-refractivity contribution is 5.78. The number of fused-ring (bicyclic) bond motifs is 2. The molecule has 0 unspecified atom stereocenters. The van der Waals surface area contributed by atoms with Crippen molar-refractivity contribution in [3.8, 4) is 0 Å². The minimum absolute atomic E-state index is 0.131. The number of nitrogens with two attached hydrogens (primary N) is 1. The van der Waals surface area contributed by atoms with Crippen LogP contribution < -0.4 is 11.3 Å². The van der Waals surface area contributed by atoms with Crippen LogP contribution in [0, 0.1) is 0 Å². The van der Waals surface area contributed by atoms with Crippen LogP contribution in [0.15, 0.2) is 41.3 Å². The fourth-order valence-electron chi connectivity index (χ4n) is 1.65. The first-order valence-corrected chi connectivity index (χ1v) is 4.79. The van der Waals surface area contributed by atoms with Gasteiger partial charge in [0, 0.05) is 6.20 Å². The number of rotatable bonds is 0. The van der Waals surface area contributed by atoms with Gasteiger partial charge >= 0.3 is 0 Å². The fourth-order valence-corrected chi connectivity index (χ4v) is 1.65. The van der Waals surface area contributed by atoms with E-state index < -0.39 is 0 Å². The molecule has 0 aliphatic carbocycles. The van der Waals surface area contributed by atoms with Gasteiger partial charge in [0.25, 0.3) is 5.56 Å². The quantitative estimate of drug-likeness (QED) is 0.560. The number of anilines is 1. The molecule has 0 radical (unpaired) electrons. The van der Waals surface area contributed by atoms with E-state index in [1.54, 1.807) is 24.4 Å². The van der Waals surface area contributed by atoms with Crippen LogP contribution in [0.1, 0.15) is 0 Å². The molecule has 2 aromatic heterocycles. The minimum atomic E-state index is -0.131. The first-order chi connectivity index (χ1) is 7.75. The topological polar surface area (TPSA) is 73.3 Å². The van der Waals surface area contributed by atoms with Crippen LogP contribution >= 0.6 is 0 Å². The summed E-state index contributed by atoms with van der Waals surface area (Å²) in [4.78, 5) is 20.3. The molecule has 1 aromatic carbocycles. The van der Waals surface area contributed by atoms with E-state index in [0.717, 1.165) is 0 Å². The molecule has 0 saturated carbocycles. The van der Waals surface area contributed by atoms with Gasteiger partial charge in [-0.3, -0.25) is 9.20 Å². The standard InChI is InChI=1S/C11H8N4O/c12-9-5-6-15-10(16)7-3-1-2-4-8(7)13-11(15)14-9/h1-6H,(H2,12,13,14). The molecule has 0 fully saturated rings. The van der Waals surface area contributed by atoms with Gasteiger partial charge in [0.1, 0.15) is 5.82 Å². The Morgan fingerprint density at radius 3 is 2.81 bits per heavy atom. The van der Waals surface area contributed by atoms with E-state index in [4.69, 9.17) is 5.73 Å². The number of hydrogen-bond donors (Lipinski definition) is 1. The van der Waals surface area contributed by atoms with Crippen molar-refractivity contribution in [3.05, 3.63) is 46.9 Å². The molecule has 5 nitrogen and oxygen atoms in total. The van der Waals surface area contributed by atoms with Gasteiger partial charge in [0.05, 0.1) is 10.9 Å². The number of aromatic nitrogens is 3. The summed E-state index contributed by atoms with van der Waals surface area (Å²) in [5.41, 5.74) is 6.05. The van der Waals surface area contributed by atoms with Crippen molar-refractivity contribution in [2.75, 3.05) is 5.73 Å². The van der Waals surface area contributed by atoms with E-state index in [-0.39, 0.29) is 5.56 Å². The Balaban J connectivity index is 2.61. The van der Waals surface area contributed by atoms with E-state index in [0.29, 0.717) is 22.5 Å². The SMILES string of the molecule is Nc1ccn2c(=O)c3ccccc3nc2n1. The van der Waals surface area contributed by atoms with Gasteiger partial charge in [-0.25, -0.2) is 4.98 Å². The lowest BCUT2D eigenvalue weighted by atomic mass is 10.2. The van der Waals surface area contributed by atoms with Crippen molar-refractivity contribution < 1.29 is 0 Å². The second-order valence-corrected chi connectivity index (χ2v) is 3.46. The van der Waals surface area contributed by atoms with Gasteiger partial charge < -0.3 is 5.73 Å². The summed E-state index contributed by atoms with van der Waals surface area (Å²) in [6, 6.07) is 8.74. The summed E-state index contributed by atoms with van der Waals surface area (Å²) in [6.07, 6.45) is 1.58. The highest BCUT2D eigenvalue weighted by Crippen LogP contribution is 2.08. The van der Waals surface area contributed by atoms with Crippen molar-refractivity contribution in [3.63, 3.8) is 0 Å². The van der Waals surface area contributed by atoms with Crippen LogP contribution in [0.4, 0.5) is 5.82 Å². The number of para-hydroxylation sites is 1. The van der Waals surface area contributed by atoms with Gasteiger partial charge in [-0.1, -0.05) is 12.1 Å². The van der Waals surface area contributed by atoms with Crippen molar-refractivity contribution in [2.24, 2.45) is 0 Å². The average Bonchev–Trinajstić information content (AvgIpc) is 2.29. The third kappa shape index (κ3) is 1.15. The molecule has 0 bridgehead atoms. The second-order valence-electron chi connectivity index (χ2n) is 3.46. The summed E-state index contributed by atoms with van der Waals surface area (Å²) in [6.45, 7) is 0. The predicted octanol–water partition coefficient (Wildman–Crippen LogP) is 0.825. The molecule has 3 aromatic rings. The van der Waals surface area contributed by atoms with Crippen LogP contribution in [0.3, 0.4) is 0 Å². The van der Waals surface area contributed by atoms with Gasteiger partial charge in [-0.05, 0) is 18.2 Å². The predicted molar refractivity (Wildman–Crippen MR) is 61.2 cm³/mol. The largest absolute Gasteiger partial charge is 0.384 e. The summed E-state index contributed by atoms with van der Waals surface area (Å²) < 4.78 is 1.39. The van der Waals surface area contributed by atoms with Crippen molar-refractivity contribution in [1.29, 1.82) is 0 Å². The highest BCUT2D eigenvalue weighted by Gasteiger charge is 2.04. The molecule has 2 heterocycles. The zero-order valence-electron chi connectivity index (χ0n) is 8.29. The molecule has 0 atom stereocenters. The minimum Gasteiger partial charge on any atom is -0.384 e. The second kappa shape index (κ2) is 3.03. The molecule has 0 saturated heterocycles. The Kier molecular flexibility index (Phi) is 1.67. The molecular weight excluding hydrogens is 204 g/mol. The lowest BCUT2D eigenvalue weighted by Crippen LogP contribution is -2.16. The monoisotopic (exact) mass is 212 g/mol. The Morgan fingerprint density at radius 1 is 1.12 bits per heavy atom. The molecular formula is C11H8N4O. The molecule has 0 aliphatic heterocycles. The van der Waals surface area contributed by atoms with E-state index in [1.807, 2.05) is 12.1 Å². The summed E-state index contributed by atoms with van der Waals surface area (Å²) >= 11 is 0. The molecule has 16 heavy (non-hydrogen) atoms. The first kappa shape index (κ1) is 8.84. The molecule has 78 valence electrons. The number of benzene rings is 1. The maximum Gasteiger partial charge on any atom is 0.266 e. The van der Waals surface area contributed by atoms with Crippen LogP contribution in [0.2, 0.25) is 0 Å². The molecule has 3 rings (SSSR count). The third-order valence-electron chi connectivity index (χ3n) is 2.41. The normalized spacial score (nSPS) is 11.0. The molecule has 2 N–H and O–H groups in total. The Hall–Kier alpha value is -2.43. The van der Waals surface area contributed by atoms with Gasteiger partial charge in [-0.15, -0.1) is 0 Å². The van der Waals surface area contributed by atoms with Crippen LogP contribution in [-0.2, 0) is 0 Å². The third-order valence-corrected chi connectivity index (χ3v) is 2.41. The Morgan fingerprint density at radius 2 is 1.94 bits per heavy atom. The number of hydrogen-bond acceptors (Lipinski definition) is 4. The summed E-state index contributed by atoms with van der Waals surface area (Å²) in [5.74, 6) is 0.672. The van der Waals surface area contributed by atoms with E-state index >= 15 is 0 Å². The Bertz CT molecular complexity index is 748. The van der Waals surface area contributed by atoms with Gasteiger partial charge in [-0.2, -0.15) is 4.98 Å². The van der Waals surface area contributed by atoms with Crippen LogP contribution in [0.5, 0.6) is 0 Å². The van der Waals surface area contributed by atoms with Gasteiger partial charge in [0.2, 0.25) is 5.78 Å². The zero-order chi connectivity index (χ0) is 11.1. The first-order valence-electron chi connectivity index (χ1n) is 4.79. The van der Waals surface area contributed by atoms with Crippen molar-refractivity contribution in [2.45, 2.75) is 0 Å². The van der Waals surface area contributed by atoms with E-state index in [1.165, 1.54) is 4.40 Å². The molecule has 0 spiro atoms. The van der Waals surface area contributed by atoms with Crippen molar-refractivity contribution >= 4 is 22.5 Å². The molecule has 0 aliphatic rings. The summed E-state index contributed by atoms with van der Waals surface area (Å²) in [5, 5.41) is 0.576. The van der Waals surface area contributed by atoms with E-state index in [9.17, 15) is 4.79 Å². The fraction of sp³-hybridized carbons (Fsp3) is 0. The van der Waals surface area contributed by atoms with Gasteiger partial charge in [0.15, 0.2) is 0 Å². The number of nitrogens with zero attached hydrogens (tertiary/aromatic N) is 3. The van der Waals surface area contributed by atoms with Crippen LogP contribution in [-0.4, -0.2) is 14.4 Å². The summed E-state index contributed by atoms with van der Waals surface area (Å²) in [7, 11) is 0. The maximum atomic E-state index is 12.0. The number of nitrogen functional groups attached to an aromatic ring is 1. The lowest BCUT2D eigenvalue weighted by molar-refractivity contribution is 1.03. The molecule has 5 heteroatoms. The average molecular weight is 212 g/mol. The zero-order valence-corrected chi connectivity index (χ0v) is 8.29. The van der Waals surface area contributed by atoms with Crippen LogP contribution in [0.25, 0.3) is 16.7 Å². The van der Waals surface area contributed by atoms with E-state index in [2.05, 4.69) is 9.97 Å². The maximum absolute atomic E-state index is 12.0.